The standard InChI is InChI=1S/C20H28N6O.C19H28N6O.C2H6/c1-24(15-4-2-3-5-15)20(27)14-12-25(13-14)19-16-6-9-21-10-7-17(16)23-18-8-11-22-26(18)19;1-4-24(13(2)3)19(26)14-11-23(12-14)18-15-5-8-20-9-6-16(15)22-17-7-10-21-25(17)18;1-2/h8,11,14-15,21H,2-7,9-10,12-13H2,1H3;7,10,13-14,20H,4-6,8-9,11-12H2,1-3H3;1-2H3. The van der Waals surface area contributed by atoms with Crippen molar-refractivity contribution in [2.24, 2.45) is 11.8 Å². The lowest BCUT2D eigenvalue weighted by Gasteiger charge is -2.43. The quantitative estimate of drug-likeness (QED) is 0.290. The molecule has 3 fully saturated rings. The fourth-order valence-electron chi connectivity index (χ4n) is 9.06. The second-order valence-electron chi connectivity index (χ2n) is 15.7. The zero-order valence-corrected chi connectivity index (χ0v) is 33.9. The summed E-state index contributed by atoms with van der Waals surface area (Å²) in [7, 11) is 2.00. The summed E-state index contributed by atoms with van der Waals surface area (Å²) in [6.45, 7) is 18.0. The van der Waals surface area contributed by atoms with Gasteiger partial charge in [-0.25, -0.2) is 9.97 Å². The molecule has 0 unspecified atom stereocenters. The number of rotatable bonds is 7. The van der Waals surface area contributed by atoms with E-state index < -0.39 is 0 Å². The largest absolute Gasteiger partial charge is 0.354 e. The Balaban J connectivity index is 0.000000162. The molecule has 55 heavy (non-hydrogen) atoms. The van der Waals surface area contributed by atoms with Crippen molar-refractivity contribution in [1.82, 2.24) is 49.6 Å². The maximum absolute atomic E-state index is 12.9. The number of hydrogen-bond acceptors (Lipinski definition) is 10. The summed E-state index contributed by atoms with van der Waals surface area (Å²) in [6, 6.07) is 4.64. The van der Waals surface area contributed by atoms with Crippen molar-refractivity contribution in [1.29, 1.82) is 0 Å². The first-order valence-electron chi connectivity index (χ1n) is 21.0. The molecule has 1 aliphatic carbocycles. The van der Waals surface area contributed by atoms with E-state index in [1.165, 1.54) is 35.4 Å². The normalized spacial score (nSPS) is 19.0. The number of hydrogen-bond donors (Lipinski definition) is 2. The van der Waals surface area contributed by atoms with E-state index in [1.54, 1.807) is 0 Å². The Kier molecular flexibility index (Phi) is 12.2. The lowest BCUT2D eigenvalue weighted by atomic mass is 9.96. The van der Waals surface area contributed by atoms with Crippen LogP contribution >= 0.6 is 0 Å². The maximum Gasteiger partial charge on any atom is 0.229 e. The van der Waals surface area contributed by atoms with Gasteiger partial charge in [0.25, 0.3) is 0 Å². The highest BCUT2D eigenvalue weighted by atomic mass is 16.2. The van der Waals surface area contributed by atoms with Crippen molar-refractivity contribution < 1.29 is 9.59 Å². The molecular weight excluding hydrogens is 693 g/mol. The van der Waals surface area contributed by atoms with Crippen LogP contribution in [0.15, 0.2) is 24.5 Å². The number of nitrogens with zero attached hydrogens (tertiary/aromatic N) is 10. The van der Waals surface area contributed by atoms with E-state index >= 15 is 0 Å². The third kappa shape index (κ3) is 7.76. The smallest absolute Gasteiger partial charge is 0.229 e. The minimum atomic E-state index is 0.0793. The Morgan fingerprint density at radius 3 is 1.65 bits per heavy atom. The first-order valence-corrected chi connectivity index (χ1v) is 21.0. The van der Waals surface area contributed by atoms with E-state index in [0.29, 0.717) is 11.9 Å². The van der Waals surface area contributed by atoms with Gasteiger partial charge in [0.05, 0.1) is 35.6 Å². The molecule has 14 heteroatoms. The zero-order chi connectivity index (χ0) is 38.6. The van der Waals surface area contributed by atoms with Gasteiger partial charge >= 0.3 is 0 Å². The van der Waals surface area contributed by atoms with Gasteiger partial charge in [0.2, 0.25) is 11.8 Å². The highest BCUT2D eigenvalue weighted by molar-refractivity contribution is 5.83. The van der Waals surface area contributed by atoms with Crippen molar-refractivity contribution in [3.63, 3.8) is 0 Å². The predicted octanol–water partition coefficient (Wildman–Crippen LogP) is 3.39. The molecule has 2 saturated heterocycles. The molecule has 5 aliphatic rings. The van der Waals surface area contributed by atoms with Crippen LogP contribution in [0.5, 0.6) is 0 Å². The Labute approximate surface area is 326 Å². The van der Waals surface area contributed by atoms with Gasteiger partial charge in [-0.1, -0.05) is 26.7 Å². The summed E-state index contributed by atoms with van der Waals surface area (Å²) >= 11 is 0. The third-order valence-corrected chi connectivity index (χ3v) is 12.1. The summed E-state index contributed by atoms with van der Waals surface area (Å²) in [5, 5.41) is 16.0. The SMILES string of the molecule is CC.CCN(C(=O)C1CN(c2c3c(nc4ccnn24)CCNCC3)C1)C(C)C.CN(C(=O)C1CN(c2c3c(nc4ccnn24)CCNCC3)C1)C1CCCC1. The first-order chi connectivity index (χ1) is 26.8. The summed E-state index contributed by atoms with van der Waals surface area (Å²) in [4.78, 5) is 44.0. The number of anilines is 2. The molecule has 0 aromatic carbocycles. The number of aromatic nitrogens is 6. The Hall–Kier alpha value is -4.30. The van der Waals surface area contributed by atoms with Crippen molar-refractivity contribution in [2.75, 3.05) is 75.8 Å². The van der Waals surface area contributed by atoms with Gasteiger partial charge in [-0.05, 0) is 59.5 Å². The monoisotopic (exact) mass is 755 g/mol. The Morgan fingerprint density at radius 2 is 1.20 bits per heavy atom. The van der Waals surface area contributed by atoms with Gasteiger partial charge in [0, 0.05) is 101 Å². The number of nitrogens with one attached hydrogen (secondary N) is 2. The van der Waals surface area contributed by atoms with Gasteiger partial charge in [-0.15, -0.1) is 0 Å². The summed E-state index contributed by atoms with van der Waals surface area (Å²) in [6.07, 6.45) is 12.3. The van der Waals surface area contributed by atoms with E-state index in [9.17, 15) is 9.59 Å². The molecule has 2 N–H and O–H groups in total. The minimum absolute atomic E-state index is 0.0793. The van der Waals surface area contributed by atoms with Crippen LogP contribution < -0.4 is 20.4 Å². The van der Waals surface area contributed by atoms with Crippen molar-refractivity contribution >= 4 is 34.7 Å². The molecule has 0 spiro atoms. The Bertz CT molecular complexity index is 1940. The topological polar surface area (TPSA) is 132 Å². The molecule has 1 saturated carbocycles. The van der Waals surface area contributed by atoms with Crippen molar-refractivity contribution in [3.8, 4) is 0 Å². The summed E-state index contributed by atoms with van der Waals surface area (Å²) < 4.78 is 3.91. The second-order valence-corrected chi connectivity index (χ2v) is 15.7. The van der Waals surface area contributed by atoms with Crippen LogP contribution in [0.4, 0.5) is 11.6 Å². The average Bonchev–Trinajstić information content (AvgIpc) is 3.89. The van der Waals surface area contributed by atoms with Crippen molar-refractivity contribution in [3.05, 3.63) is 47.0 Å². The molecule has 2 amide bonds. The fourth-order valence-corrected chi connectivity index (χ4v) is 9.06. The molecule has 9 rings (SSSR count). The van der Waals surface area contributed by atoms with Gasteiger partial charge < -0.3 is 30.2 Å². The highest BCUT2D eigenvalue weighted by Crippen LogP contribution is 2.34. The lowest BCUT2D eigenvalue weighted by Crippen LogP contribution is -2.56. The van der Waals surface area contributed by atoms with Gasteiger partial charge in [0.1, 0.15) is 11.6 Å². The van der Waals surface area contributed by atoms with E-state index in [-0.39, 0.29) is 23.8 Å². The van der Waals surface area contributed by atoms with Crippen LogP contribution in [0.1, 0.15) is 82.8 Å². The summed E-state index contributed by atoms with van der Waals surface area (Å²) in [5.74, 6) is 3.06. The fraction of sp³-hybridized carbons (Fsp3) is 0.659. The second kappa shape index (κ2) is 17.2. The lowest BCUT2D eigenvalue weighted by molar-refractivity contribution is -0.138. The molecule has 0 bridgehead atoms. The third-order valence-electron chi connectivity index (χ3n) is 12.1. The molecule has 0 radical (unpaired) electrons. The van der Waals surface area contributed by atoms with Crippen molar-refractivity contribution in [2.45, 2.75) is 98.1 Å². The van der Waals surface area contributed by atoms with Crippen LogP contribution in [-0.2, 0) is 35.3 Å². The maximum atomic E-state index is 12.9. The predicted molar refractivity (Wildman–Crippen MR) is 217 cm³/mol. The molecule has 4 aromatic rings. The number of carbonyl (C=O) groups excluding carboxylic acids is 2. The zero-order valence-electron chi connectivity index (χ0n) is 33.9. The van der Waals surface area contributed by atoms with Crippen LogP contribution in [0, 0.1) is 11.8 Å². The number of amides is 2. The van der Waals surface area contributed by atoms with E-state index in [4.69, 9.17) is 9.97 Å². The summed E-state index contributed by atoms with van der Waals surface area (Å²) in [5.41, 5.74) is 6.74. The molecule has 4 aromatic heterocycles. The molecule has 14 nitrogen and oxygen atoms in total. The van der Waals surface area contributed by atoms with Crippen LogP contribution in [-0.4, -0.2) is 129 Å². The Morgan fingerprint density at radius 1 is 0.745 bits per heavy atom. The number of carbonyl (C=O) groups is 2. The van der Waals surface area contributed by atoms with Crippen LogP contribution in [0.2, 0.25) is 0 Å². The van der Waals surface area contributed by atoms with E-state index in [0.717, 1.165) is 120 Å². The van der Waals surface area contributed by atoms with Gasteiger partial charge in [-0.2, -0.15) is 19.2 Å². The molecule has 8 heterocycles. The molecule has 4 aliphatic heterocycles. The van der Waals surface area contributed by atoms with Gasteiger partial charge in [0.15, 0.2) is 11.3 Å². The number of fused-ring (bicyclic) bond motifs is 4. The van der Waals surface area contributed by atoms with Gasteiger partial charge in [-0.3, -0.25) is 9.59 Å². The first kappa shape index (κ1) is 39.0. The van der Waals surface area contributed by atoms with E-state index in [2.05, 4.69) is 51.4 Å². The van der Waals surface area contributed by atoms with Crippen LogP contribution in [0.25, 0.3) is 11.3 Å². The van der Waals surface area contributed by atoms with E-state index in [1.807, 2.05) is 64.3 Å². The molecular formula is C41H62N12O2. The average molecular weight is 755 g/mol. The highest BCUT2D eigenvalue weighted by Gasteiger charge is 2.40. The molecule has 0 atom stereocenters. The molecule has 298 valence electrons. The van der Waals surface area contributed by atoms with Crippen LogP contribution in [0.3, 0.4) is 0 Å². The minimum Gasteiger partial charge on any atom is -0.354 e.